The van der Waals surface area contributed by atoms with Gasteiger partial charge in [-0.25, -0.2) is 13.1 Å². The van der Waals surface area contributed by atoms with Crippen LogP contribution < -0.4 is 4.72 Å². The predicted molar refractivity (Wildman–Crippen MR) is 91.4 cm³/mol. The molecule has 0 aliphatic rings. The topological polar surface area (TPSA) is 105 Å². The Kier molecular flexibility index (Phi) is 6.27. The number of sulfonamides is 1. The molecule has 8 nitrogen and oxygen atoms in total. The van der Waals surface area contributed by atoms with Gasteiger partial charge in [-0.2, -0.15) is 0 Å². The maximum absolute atomic E-state index is 12.3. The summed E-state index contributed by atoms with van der Waals surface area (Å²) in [4.78, 5) is 17.7. The van der Waals surface area contributed by atoms with E-state index in [1.807, 2.05) is 12.1 Å². The number of aromatic nitrogens is 2. The number of pyridine rings is 1. The summed E-state index contributed by atoms with van der Waals surface area (Å²) in [7, 11) is -2.04. The SMILES string of the molecule is Cc1noc(C)c1S(=O)(=O)NCCC(=O)N(C)CCc1ccncc1. The number of rotatable bonds is 8. The van der Waals surface area contributed by atoms with Crippen LogP contribution in [0.5, 0.6) is 0 Å². The Balaban J connectivity index is 1.81. The van der Waals surface area contributed by atoms with Gasteiger partial charge >= 0.3 is 0 Å². The smallest absolute Gasteiger partial charge is 0.245 e. The molecule has 9 heteroatoms. The average Bonchev–Trinajstić information content (AvgIpc) is 2.92. The van der Waals surface area contributed by atoms with Crippen LogP contribution in [0.1, 0.15) is 23.4 Å². The van der Waals surface area contributed by atoms with Crippen molar-refractivity contribution in [2.24, 2.45) is 0 Å². The zero-order valence-electron chi connectivity index (χ0n) is 14.5. The van der Waals surface area contributed by atoms with Crippen LogP contribution in [0.15, 0.2) is 33.9 Å². The molecule has 0 saturated heterocycles. The summed E-state index contributed by atoms with van der Waals surface area (Å²) in [5, 5.41) is 3.63. The second kappa shape index (κ2) is 8.21. The summed E-state index contributed by atoms with van der Waals surface area (Å²) in [6.07, 6.45) is 4.21. The molecule has 0 unspecified atom stereocenters. The van der Waals surface area contributed by atoms with E-state index in [9.17, 15) is 13.2 Å². The van der Waals surface area contributed by atoms with Crippen LogP contribution in [0, 0.1) is 13.8 Å². The number of hydrogen-bond acceptors (Lipinski definition) is 6. The first-order chi connectivity index (χ1) is 11.8. The Hall–Kier alpha value is -2.26. The number of carbonyl (C=O) groups excluding carboxylic acids is 1. The van der Waals surface area contributed by atoms with Crippen molar-refractivity contribution in [3.05, 3.63) is 41.5 Å². The number of amides is 1. The fourth-order valence-corrected chi connectivity index (χ4v) is 3.74. The standard InChI is InChI=1S/C16H22N4O4S/c1-12-16(13(2)24-19-12)25(22,23)18-10-6-15(21)20(3)11-7-14-4-8-17-9-5-14/h4-5,8-9,18H,6-7,10-11H2,1-3H3. The van der Waals surface area contributed by atoms with Crippen molar-refractivity contribution < 1.29 is 17.7 Å². The van der Waals surface area contributed by atoms with Gasteiger partial charge < -0.3 is 9.42 Å². The van der Waals surface area contributed by atoms with Gasteiger partial charge in [-0.15, -0.1) is 0 Å². The fraction of sp³-hybridized carbons (Fsp3) is 0.438. The van der Waals surface area contributed by atoms with Crippen LogP contribution in [-0.2, 0) is 21.2 Å². The maximum Gasteiger partial charge on any atom is 0.245 e. The molecular weight excluding hydrogens is 344 g/mol. The fourth-order valence-electron chi connectivity index (χ4n) is 2.38. The Morgan fingerprint density at radius 2 is 1.96 bits per heavy atom. The lowest BCUT2D eigenvalue weighted by Crippen LogP contribution is -2.33. The van der Waals surface area contributed by atoms with E-state index in [1.54, 1.807) is 31.3 Å². The summed E-state index contributed by atoms with van der Waals surface area (Å²) >= 11 is 0. The van der Waals surface area contributed by atoms with Crippen molar-refractivity contribution in [2.75, 3.05) is 20.1 Å². The van der Waals surface area contributed by atoms with E-state index in [0.29, 0.717) is 12.2 Å². The zero-order valence-corrected chi connectivity index (χ0v) is 15.3. The van der Waals surface area contributed by atoms with Crippen LogP contribution in [-0.4, -0.2) is 49.5 Å². The van der Waals surface area contributed by atoms with Gasteiger partial charge in [0, 0.05) is 39.0 Å². The molecule has 0 bridgehead atoms. The van der Waals surface area contributed by atoms with Crippen molar-refractivity contribution in [3.8, 4) is 0 Å². The summed E-state index contributed by atoms with van der Waals surface area (Å²) < 4.78 is 31.8. The van der Waals surface area contributed by atoms with Gasteiger partial charge in [0.2, 0.25) is 15.9 Å². The molecule has 0 aliphatic carbocycles. The van der Waals surface area contributed by atoms with Crippen LogP contribution in [0.25, 0.3) is 0 Å². The summed E-state index contributed by atoms with van der Waals surface area (Å²) in [6.45, 7) is 3.67. The summed E-state index contributed by atoms with van der Waals surface area (Å²) in [5.41, 5.74) is 1.39. The van der Waals surface area contributed by atoms with E-state index in [1.165, 1.54) is 6.92 Å². The van der Waals surface area contributed by atoms with E-state index >= 15 is 0 Å². The van der Waals surface area contributed by atoms with Crippen molar-refractivity contribution in [3.63, 3.8) is 0 Å². The normalized spacial score (nSPS) is 11.5. The number of nitrogens with zero attached hydrogens (tertiary/aromatic N) is 3. The minimum absolute atomic E-state index is 0.0187. The first kappa shape index (κ1) is 19.1. The lowest BCUT2D eigenvalue weighted by molar-refractivity contribution is -0.129. The minimum Gasteiger partial charge on any atom is -0.360 e. The molecular formula is C16H22N4O4S. The van der Waals surface area contributed by atoms with Gasteiger partial charge in [-0.05, 0) is 38.0 Å². The number of likely N-dealkylation sites (N-methyl/N-ethyl adjacent to an activating group) is 1. The lowest BCUT2D eigenvalue weighted by atomic mass is 10.2. The second-order valence-corrected chi connectivity index (χ2v) is 7.43. The van der Waals surface area contributed by atoms with Gasteiger partial charge in [0.05, 0.1) is 0 Å². The summed E-state index contributed by atoms with van der Waals surface area (Å²) in [5.74, 6) is 0.0984. The number of carbonyl (C=O) groups is 1. The molecule has 1 N–H and O–H groups in total. The predicted octanol–water partition coefficient (Wildman–Crippen LogP) is 1.06. The molecule has 0 aromatic carbocycles. The third kappa shape index (κ3) is 5.10. The Bertz CT molecular complexity index is 798. The molecule has 2 heterocycles. The van der Waals surface area contributed by atoms with Gasteiger partial charge in [0.15, 0.2) is 5.76 Å². The van der Waals surface area contributed by atoms with Crippen LogP contribution in [0.2, 0.25) is 0 Å². The van der Waals surface area contributed by atoms with Crippen LogP contribution in [0.4, 0.5) is 0 Å². The first-order valence-electron chi connectivity index (χ1n) is 7.86. The van der Waals surface area contributed by atoms with Crippen molar-refractivity contribution in [1.29, 1.82) is 0 Å². The minimum atomic E-state index is -3.74. The van der Waals surface area contributed by atoms with E-state index in [-0.39, 0.29) is 29.5 Å². The highest BCUT2D eigenvalue weighted by molar-refractivity contribution is 7.89. The highest BCUT2D eigenvalue weighted by Crippen LogP contribution is 2.18. The lowest BCUT2D eigenvalue weighted by Gasteiger charge is -2.17. The number of aryl methyl sites for hydroxylation is 2. The van der Waals surface area contributed by atoms with Gasteiger partial charge in [0.1, 0.15) is 10.6 Å². The average molecular weight is 366 g/mol. The molecule has 0 fully saturated rings. The third-order valence-electron chi connectivity index (χ3n) is 3.78. The quantitative estimate of drug-likeness (QED) is 0.749. The van der Waals surface area contributed by atoms with Gasteiger partial charge in [-0.3, -0.25) is 9.78 Å². The van der Waals surface area contributed by atoms with Crippen molar-refractivity contribution in [1.82, 2.24) is 19.8 Å². The molecule has 2 aromatic heterocycles. The zero-order chi connectivity index (χ0) is 18.4. The van der Waals surface area contributed by atoms with Gasteiger partial charge in [0.25, 0.3) is 0 Å². The highest BCUT2D eigenvalue weighted by Gasteiger charge is 2.24. The van der Waals surface area contributed by atoms with Crippen molar-refractivity contribution in [2.45, 2.75) is 31.6 Å². The Morgan fingerprint density at radius 1 is 1.28 bits per heavy atom. The van der Waals surface area contributed by atoms with Crippen LogP contribution >= 0.6 is 0 Å². The first-order valence-corrected chi connectivity index (χ1v) is 9.35. The van der Waals surface area contributed by atoms with Gasteiger partial charge in [-0.1, -0.05) is 5.16 Å². The number of hydrogen-bond donors (Lipinski definition) is 1. The molecule has 2 aromatic rings. The Morgan fingerprint density at radius 3 is 2.56 bits per heavy atom. The van der Waals surface area contributed by atoms with Crippen molar-refractivity contribution >= 4 is 15.9 Å². The summed E-state index contributed by atoms with van der Waals surface area (Å²) in [6, 6.07) is 3.80. The molecule has 2 rings (SSSR count). The second-order valence-electron chi connectivity index (χ2n) is 5.72. The Labute approximate surface area is 147 Å². The van der Waals surface area contributed by atoms with E-state index in [4.69, 9.17) is 4.52 Å². The molecule has 1 amide bonds. The highest BCUT2D eigenvalue weighted by atomic mass is 32.2. The van der Waals surface area contributed by atoms with Crippen LogP contribution in [0.3, 0.4) is 0 Å². The largest absolute Gasteiger partial charge is 0.360 e. The monoisotopic (exact) mass is 366 g/mol. The molecule has 25 heavy (non-hydrogen) atoms. The van der Waals surface area contributed by atoms with E-state index < -0.39 is 10.0 Å². The maximum atomic E-state index is 12.3. The molecule has 0 spiro atoms. The molecule has 0 saturated carbocycles. The molecule has 0 aliphatic heterocycles. The number of nitrogens with one attached hydrogen (secondary N) is 1. The molecule has 136 valence electrons. The van der Waals surface area contributed by atoms with E-state index in [0.717, 1.165) is 12.0 Å². The molecule has 0 atom stereocenters. The molecule has 0 radical (unpaired) electrons. The van der Waals surface area contributed by atoms with E-state index in [2.05, 4.69) is 14.9 Å². The third-order valence-corrected chi connectivity index (χ3v) is 5.48.